The maximum Gasteiger partial charge on any atom is 0.276 e. The second-order valence-electron chi connectivity index (χ2n) is 5.04. The molecule has 0 bridgehead atoms. The summed E-state index contributed by atoms with van der Waals surface area (Å²) in [7, 11) is 1.55. The first kappa shape index (κ1) is 20.8. The van der Waals surface area contributed by atoms with Crippen LogP contribution in [0, 0.1) is 0 Å². The first-order valence-electron chi connectivity index (χ1n) is 7.51. The SMILES string of the molecule is COc1ccc(OCC(=O)NNC(=S)NC(=O)c2ccc(Cl)cc2Cl)cc1. The standard InChI is InChI=1S/C17H15Cl2N3O4S/c1-25-11-3-5-12(6-4-11)26-9-15(23)21-22-17(27)20-16(24)13-7-2-10(18)8-14(13)19/h2-8H,9H2,1H3,(H,21,23)(H2,20,22,24,27). The summed E-state index contributed by atoms with van der Waals surface area (Å²) in [5.41, 5.74) is 4.90. The van der Waals surface area contributed by atoms with Crippen molar-refractivity contribution in [1.82, 2.24) is 16.2 Å². The van der Waals surface area contributed by atoms with Gasteiger partial charge in [-0.1, -0.05) is 23.2 Å². The van der Waals surface area contributed by atoms with Crippen LogP contribution < -0.4 is 25.6 Å². The number of hydrazine groups is 1. The van der Waals surface area contributed by atoms with Gasteiger partial charge in [-0.25, -0.2) is 0 Å². The number of hydrogen-bond acceptors (Lipinski definition) is 5. The first-order valence-corrected chi connectivity index (χ1v) is 8.67. The normalized spacial score (nSPS) is 9.89. The number of benzene rings is 2. The Balaban J connectivity index is 1.75. The molecule has 0 saturated heterocycles. The van der Waals surface area contributed by atoms with Crippen molar-refractivity contribution in [2.75, 3.05) is 13.7 Å². The van der Waals surface area contributed by atoms with Crippen molar-refractivity contribution in [3.63, 3.8) is 0 Å². The molecule has 2 rings (SSSR count). The van der Waals surface area contributed by atoms with Crippen LogP contribution in [0.15, 0.2) is 42.5 Å². The summed E-state index contributed by atoms with van der Waals surface area (Å²) in [6.45, 7) is -0.251. The van der Waals surface area contributed by atoms with E-state index < -0.39 is 11.8 Å². The van der Waals surface area contributed by atoms with E-state index in [9.17, 15) is 9.59 Å². The number of nitrogens with one attached hydrogen (secondary N) is 3. The molecule has 27 heavy (non-hydrogen) atoms. The van der Waals surface area contributed by atoms with Gasteiger partial charge >= 0.3 is 0 Å². The van der Waals surface area contributed by atoms with E-state index in [0.29, 0.717) is 16.5 Å². The van der Waals surface area contributed by atoms with Gasteiger partial charge < -0.3 is 9.47 Å². The molecule has 2 aromatic carbocycles. The number of amides is 2. The topological polar surface area (TPSA) is 88.7 Å². The maximum atomic E-state index is 12.1. The number of methoxy groups -OCH3 is 1. The molecule has 0 aromatic heterocycles. The van der Waals surface area contributed by atoms with Gasteiger partial charge in [0.25, 0.3) is 11.8 Å². The van der Waals surface area contributed by atoms with Gasteiger partial charge in [0, 0.05) is 5.02 Å². The van der Waals surface area contributed by atoms with Gasteiger partial charge in [0.05, 0.1) is 17.7 Å². The van der Waals surface area contributed by atoms with E-state index in [-0.39, 0.29) is 22.3 Å². The molecule has 7 nitrogen and oxygen atoms in total. The Hall–Kier alpha value is -2.55. The van der Waals surface area contributed by atoms with Crippen LogP contribution in [-0.2, 0) is 4.79 Å². The summed E-state index contributed by atoms with van der Waals surface area (Å²) in [5.74, 6) is 0.138. The lowest BCUT2D eigenvalue weighted by Gasteiger charge is -2.12. The third kappa shape index (κ3) is 6.59. The summed E-state index contributed by atoms with van der Waals surface area (Å²) in [6, 6.07) is 11.2. The van der Waals surface area contributed by atoms with Crippen molar-refractivity contribution in [1.29, 1.82) is 0 Å². The van der Waals surface area contributed by atoms with Gasteiger partial charge in [-0.2, -0.15) is 0 Å². The van der Waals surface area contributed by atoms with E-state index in [2.05, 4.69) is 16.2 Å². The highest BCUT2D eigenvalue weighted by molar-refractivity contribution is 7.80. The molecule has 0 fully saturated rings. The summed E-state index contributed by atoms with van der Waals surface area (Å²) in [6.07, 6.45) is 0. The van der Waals surface area contributed by atoms with Crippen molar-refractivity contribution in [3.05, 3.63) is 58.1 Å². The number of halogens is 2. The predicted octanol–water partition coefficient (Wildman–Crippen LogP) is 2.72. The molecule has 0 aliphatic carbocycles. The molecule has 0 radical (unpaired) electrons. The molecule has 0 aliphatic rings. The monoisotopic (exact) mass is 427 g/mol. The Kier molecular flexibility index (Phi) is 7.66. The van der Waals surface area contributed by atoms with Crippen LogP contribution in [0.4, 0.5) is 0 Å². The Morgan fingerprint density at radius 3 is 2.33 bits per heavy atom. The van der Waals surface area contributed by atoms with E-state index in [1.807, 2.05) is 0 Å². The maximum absolute atomic E-state index is 12.1. The van der Waals surface area contributed by atoms with Crippen molar-refractivity contribution in [2.24, 2.45) is 0 Å². The number of ether oxygens (including phenoxy) is 2. The van der Waals surface area contributed by atoms with Crippen molar-refractivity contribution in [3.8, 4) is 11.5 Å². The van der Waals surface area contributed by atoms with Crippen molar-refractivity contribution < 1.29 is 19.1 Å². The third-order valence-corrected chi connectivity index (χ3v) is 3.90. The molecule has 3 N–H and O–H groups in total. The van der Waals surface area contributed by atoms with Gasteiger partial charge in [-0.05, 0) is 54.7 Å². The highest BCUT2D eigenvalue weighted by Crippen LogP contribution is 2.20. The van der Waals surface area contributed by atoms with Crippen LogP contribution in [0.1, 0.15) is 10.4 Å². The number of hydrogen-bond donors (Lipinski definition) is 3. The van der Waals surface area contributed by atoms with E-state index in [1.54, 1.807) is 31.4 Å². The van der Waals surface area contributed by atoms with Crippen molar-refractivity contribution >= 4 is 52.3 Å². The summed E-state index contributed by atoms with van der Waals surface area (Å²) < 4.78 is 10.3. The largest absolute Gasteiger partial charge is 0.497 e. The minimum absolute atomic E-state index is 0.108. The smallest absolute Gasteiger partial charge is 0.276 e. The Labute approximate surface area is 170 Å². The quantitative estimate of drug-likeness (QED) is 0.502. The van der Waals surface area contributed by atoms with Gasteiger partial charge in [-0.3, -0.25) is 25.8 Å². The summed E-state index contributed by atoms with van der Waals surface area (Å²) in [5, 5.41) is 2.86. The highest BCUT2D eigenvalue weighted by Gasteiger charge is 2.12. The third-order valence-electron chi connectivity index (χ3n) is 3.15. The molecule has 0 atom stereocenters. The Morgan fingerprint density at radius 1 is 1.04 bits per heavy atom. The van der Waals surface area contributed by atoms with E-state index in [4.69, 9.17) is 44.9 Å². The number of thiocarbonyl (C=S) groups is 1. The molecule has 10 heteroatoms. The number of carbonyl (C=O) groups excluding carboxylic acids is 2. The lowest BCUT2D eigenvalue weighted by atomic mass is 10.2. The van der Waals surface area contributed by atoms with Crippen LogP contribution in [0.25, 0.3) is 0 Å². The van der Waals surface area contributed by atoms with Crippen LogP contribution in [0.3, 0.4) is 0 Å². The molecular formula is C17H15Cl2N3O4S. The van der Waals surface area contributed by atoms with Gasteiger partial charge in [0.2, 0.25) is 0 Å². The average molecular weight is 428 g/mol. The first-order chi connectivity index (χ1) is 12.9. The van der Waals surface area contributed by atoms with Crippen LogP contribution in [0.5, 0.6) is 11.5 Å². The fourth-order valence-electron chi connectivity index (χ4n) is 1.86. The molecule has 2 amide bonds. The fraction of sp³-hybridized carbons (Fsp3) is 0.118. The van der Waals surface area contributed by atoms with Gasteiger partial charge in [-0.15, -0.1) is 0 Å². The van der Waals surface area contributed by atoms with Crippen molar-refractivity contribution in [2.45, 2.75) is 0 Å². The summed E-state index contributed by atoms with van der Waals surface area (Å²) in [4.78, 5) is 23.8. The summed E-state index contributed by atoms with van der Waals surface area (Å²) >= 11 is 16.7. The molecule has 0 aliphatic heterocycles. The second kappa shape index (κ2) is 9.96. The molecule has 142 valence electrons. The molecule has 0 unspecified atom stereocenters. The minimum Gasteiger partial charge on any atom is -0.497 e. The van der Waals surface area contributed by atoms with Crippen LogP contribution in [-0.4, -0.2) is 30.6 Å². The van der Waals surface area contributed by atoms with E-state index in [1.165, 1.54) is 18.2 Å². The Morgan fingerprint density at radius 2 is 1.70 bits per heavy atom. The second-order valence-corrected chi connectivity index (χ2v) is 6.30. The zero-order valence-corrected chi connectivity index (χ0v) is 16.4. The van der Waals surface area contributed by atoms with Gasteiger partial charge in [0.1, 0.15) is 11.5 Å². The lowest BCUT2D eigenvalue weighted by Crippen LogP contribution is -2.49. The van der Waals surface area contributed by atoms with Crippen LogP contribution >= 0.6 is 35.4 Å². The predicted molar refractivity (Wildman–Crippen MR) is 106 cm³/mol. The fourth-order valence-corrected chi connectivity index (χ4v) is 2.50. The average Bonchev–Trinajstić information content (AvgIpc) is 2.65. The number of carbonyl (C=O) groups is 2. The molecule has 2 aromatic rings. The molecular weight excluding hydrogens is 413 g/mol. The zero-order chi connectivity index (χ0) is 19.8. The molecule has 0 saturated carbocycles. The highest BCUT2D eigenvalue weighted by atomic mass is 35.5. The minimum atomic E-state index is -0.544. The Bertz CT molecular complexity index is 847. The number of rotatable bonds is 5. The molecule has 0 heterocycles. The van der Waals surface area contributed by atoms with E-state index in [0.717, 1.165) is 0 Å². The van der Waals surface area contributed by atoms with E-state index >= 15 is 0 Å². The van der Waals surface area contributed by atoms with Gasteiger partial charge in [0.15, 0.2) is 11.7 Å². The van der Waals surface area contributed by atoms with Crippen LogP contribution in [0.2, 0.25) is 10.0 Å². The lowest BCUT2D eigenvalue weighted by molar-refractivity contribution is -0.123. The zero-order valence-electron chi connectivity index (χ0n) is 14.0. The molecule has 0 spiro atoms.